The van der Waals surface area contributed by atoms with Gasteiger partial charge in [-0.2, -0.15) is 0 Å². The summed E-state index contributed by atoms with van der Waals surface area (Å²) in [6, 6.07) is 20.2. The first-order valence-corrected chi connectivity index (χ1v) is 9.97. The zero-order valence-electron chi connectivity index (χ0n) is 16.0. The summed E-state index contributed by atoms with van der Waals surface area (Å²) in [4.78, 5) is 13.1. The van der Waals surface area contributed by atoms with Crippen molar-refractivity contribution in [1.82, 2.24) is 9.61 Å². The van der Waals surface area contributed by atoms with Crippen LogP contribution >= 0.6 is 11.6 Å². The quantitative estimate of drug-likeness (QED) is 0.475. The lowest BCUT2D eigenvalue weighted by Crippen LogP contribution is -2.43. The van der Waals surface area contributed by atoms with Crippen LogP contribution in [0.3, 0.4) is 0 Å². The van der Waals surface area contributed by atoms with E-state index >= 15 is 0 Å². The highest BCUT2D eigenvalue weighted by atomic mass is 35.5. The Bertz CT molecular complexity index is 1220. The molecule has 0 saturated carbocycles. The molecule has 0 fully saturated rings. The van der Waals surface area contributed by atoms with Crippen molar-refractivity contribution in [2.45, 2.75) is 26.2 Å². The van der Waals surface area contributed by atoms with Crippen LogP contribution in [0.4, 0.5) is 0 Å². The third-order valence-corrected chi connectivity index (χ3v) is 5.14. The average Bonchev–Trinajstić information content (AvgIpc) is 2.75. The van der Waals surface area contributed by atoms with Crippen molar-refractivity contribution < 1.29 is 9.67 Å². The average molecular weight is 406 g/mol. The first-order chi connectivity index (χ1) is 14.1. The lowest BCUT2D eigenvalue weighted by molar-refractivity contribution is -0.632. The monoisotopic (exact) mass is 405 g/mol. The van der Waals surface area contributed by atoms with E-state index < -0.39 is 0 Å². The molecule has 0 atom stereocenters. The van der Waals surface area contributed by atoms with E-state index in [1.54, 1.807) is 30.3 Å². The Labute approximate surface area is 173 Å². The Morgan fingerprint density at radius 1 is 1.03 bits per heavy atom. The third-order valence-electron chi connectivity index (χ3n) is 4.89. The second-order valence-electron chi connectivity index (χ2n) is 6.86. The van der Waals surface area contributed by atoms with Crippen molar-refractivity contribution in [3.8, 4) is 22.8 Å². The fourth-order valence-corrected chi connectivity index (χ4v) is 3.49. The third kappa shape index (κ3) is 3.61. The molecule has 0 bridgehead atoms. The molecule has 0 saturated heterocycles. The highest BCUT2D eigenvalue weighted by molar-refractivity contribution is 6.30. The normalized spacial score (nSPS) is 11.1. The highest BCUT2D eigenvalue weighted by Gasteiger charge is 2.22. The molecule has 146 valence electrons. The Morgan fingerprint density at radius 2 is 1.76 bits per heavy atom. The van der Waals surface area contributed by atoms with E-state index in [1.807, 2.05) is 43.3 Å². The molecule has 2 aromatic carbocycles. The van der Waals surface area contributed by atoms with Gasteiger partial charge in [0, 0.05) is 16.7 Å². The standard InChI is InChI=1S/C23H20ClN3O2/c1-2-3-9-19-22(28)26(18-12-10-17(24)11-13-18)21-15-14-20(25-27(21)23(19)29)16-7-5-4-6-8-16/h4-8,10-15H,2-3,9H2,1H3. The maximum absolute atomic E-state index is 13.2. The van der Waals surface area contributed by atoms with Crippen LogP contribution in [-0.4, -0.2) is 9.61 Å². The van der Waals surface area contributed by atoms with Gasteiger partial charge in [0.2, 0.25) is 0 Å². The number of fused-ring (bicyclic) bond motifs is 1. The minimum atomic E-state index is -0.360. The highest BCUT2D eigenvalue weighted by Crippen LogP contribution is 2.19. The van der Waals surface area contributed by atoms with Gasteiger partial charge in [0.05, 0.1) is 11.4 Å². The fourth-order valence-electron chi connectivity index (χ4n) is 3.36. The van der Waals surface area contributed by atoms with Gasteiger partial charge in [-0.1, -0.05) is 64.9 Å². The number of aromatic nitrogens is 3. The Morgan fingerprint density at radius 3 is 2.45 bits per heavy atom. The Hall–Kier alpha value is -3.18. The zero-order chi connectivity index (χ0) is 20.4. The molecule has 29 heavy (non-hydrogen) atoms. The maximum atomic E-state index is 13.2. The van der Waals surface area contributed by atoms with Crippen LogP contribution in [0.5, 0.6) is 5.88 Å². The molecular weight excluding hydrogens is 386 g/mol. The van der Waals surface area contributed by atoms with Gasteiger partial charge in [0.1, 0.15) is 11.4 Å². The lowest BCUT2D eigenvalue weighted by atomic mass is 10.1. The second-order valence-corrected chi connectivity index (χ2v) is 7.30. The smallest absolute Gasteiger partial charge is 0.365 e. The van der Waals surface area contributed by atoms with E-state index in [0.29, 0.717) is 28.5 Å². The molecule has 0 aliphatic heterocycles. The molecule has 0 radical (unpaired) electrons. The van der Waals surface area contributed by atoms with E-state index in [0.717, 1.165) is 18.4 Å². The SMILES string of the molecule is CCCCc1c([O-])[n+](-c2ccc(Cl)cc2)c2ccc(-c3ccccc3)nn2c1=O. The Balaban J connectivity index is 2.02. The zero-order valence-corrected chi connectivity index (χ0v) is 16.8. The van der Waals surface area contributed by atoms with Crippen molar-refractivity contribution in [3.63, 3.8) is 0 Å². The van der Waals surface area contributed by atoms with Crippen LogP contribution in [-0.2, 0) is 6.42 Å². The lowest BCUT2D eigenvalue weighted by Gasteiger charge is -2.16. The molecule has 0 aliphatic carbocycles. The fraction of sp³-hybridized carbons (Fsp3) is 0.174. The minimum absolute atomic E-state index is 0.247. The van der Waals surface area contributed by atoms with Crippen molar-refractivity contribution in [2.75, 3.05) is 0 Å². The molecule has 4 rings (SSSR count). The van der Waals surface area contributed by atoms with Crippen molar-refractivity contribution in [2.24, 2.45) is 0 Å². The molecule has 2 aromatic heterocycles. The van der Waals surface area contributed by atoms with Crippen molar-refractivity contribution in [3.05, 3.63) is 87.7 Å². The summed E-state index contributed by atoms with van der Waals surface area (Å²) in [6.07, 6.45) is 2.07. The van der Waals surface area contributed by atoms with E-state index in [-0.39, 0.29) is 17.0 Å². The number of benzene rings is 2. The van der Waals surface area contributed by atoms with E-state index in [4.69, 9.17) is 11.6 Å². The summed E-state index contributed by atoms with van der Waals surface area (Å²) in [5.74, 6) is -0.306. The summed E-state index contributed by atoms with van der Waals surface area (Å²) in [5.41, 5.74) is 2.52. The largest absolute Gasteiger partial charge is 0.842 e. The number of nitrogens with zero attached hydrogens (tertiary/aromatic N) is 3. The number of hydrogen-bond acceptors (Lipinski definition) is 3. The minimum Gasteiger partial charge on any atom is -0.842 e. The van der Waals surface area contributed by atoms with E-state index in [1.165, 1.54) is 9.08 Å². The first-order valence-electron chi connectivity index (χ1n) is 9.59. The topological polar surface area (TPSA) is 61.3 Å². The van der Waals surface area contributed by atoms with Crippen LogP contribution < -0.4 is 15.2 Å². The van der Waals surface area contributed by atoms with Gasteiger partial charge in [-0.15, -0.1) is 0 Å². The predicted octanol–water partition coefficient (Wildman–Crippen LogP) is 3.71. The van der Waals surface area contributed by atoms with Gasteiger partial charge in [-0.3, -0.25) is 0 Å². The molecular formula is C23H20ClN3O2. The second kappa shape index (κ2) is 8.05. The molecule has 2 heterocycles. The molecule has 0 aliphatic rings. The number of unbranched alkanes of at least 4 members (excludes halogenated alkanes) is 1. The summed E-state index contributed by atoms with van der Waals surface area (Å²) in [6.45, 7) is 2.03. The van der Waals surface area contributed by atoms with Crippen LogP contribution in [0.25, 0.3) is 22.6 Å². The van der Waals surface area contributed by atoms with Crippen molar-refractivity contribution >= 4 is 17.2 Å². The summed E-state index contributed by atoms with van der Waals surface area (Å²) < 4.78 is 2.87. The molecule has 5 nitrogen and oxygen atoms in total. The van der Waals surface area contributed by atoms with Crippen molar-refractivity contribution in [1.29, 1.82) is 0 Å². The van der Waals surface area contributed by atoms with Gasteiger partial charge in [0.25, 0.3) is 0 Å². The van der Waals surface area contributed by atoms with E-state index in [2.05, 4.69) is 5.10 Å². The van der Waals surface area contributed by atoms with Gasteiger partial charge in [-0.25, -0.2) is 9.36 Å². The molecule has 0 amide bonds. The van der Waals surface area contributed by atoms with Crippen LogP contribution in [0, 0.1) is 0 Å². The van der Waals surface area contributed by atoms with Crippen LogP contribution in [0.1, 0.15) is 25.3 Å². The molecule has 0 unspecified atom stereocenters. The summed E-state index contributed by atoms with van der Waals surface area (Å²) >= 11 is 6.02. The molecule has 4 aromatic rings. The number of rotatable bonds is 5. The number of hydrogen-bond donors (Lipinski definition) is 0. The van der Waals surface area contributed by atoms with Crippen LogP contribution in [0.15, 0.2) is 71.5 Å². The molecule has 0 spiro atoms. The van der Waals surface area contributed by atoms with Crippen LogP contribution in [0.2, 0.25) is 5.02 Å². The van der Waals surface area contributed by atoms with Gasteiger partial charge >= 0.3 is 11.2 Å². The number of halogens is 1. The first kappa shape index (κ1) is 19.2. The Kier molecular flexibility index (Phi) is 5.32. The predicted molar refractivity (Wildman–Crippen MR) is 111 cm³/mol. The molecule has 0 N–H and O–H groups in total. The summed E-state index contributed by atoms with van der Waals surface area (Å²) in [5, 5.41) is 18.4. The van der Waals surface area contributed by atoms with E-state index in [9.17, 15) is 9.90 Å². The maximum Gasteiger partial charge on any atom is 0.365 e. The van der Waals surface area contributed by atoms with Gasteiger partial charge in [-0.05, 0) is 43.2 Å². The van der Waals surface area contributed by atoms with Gasteiger partial charge < -0.3 is 5.11 Å². The summed E-state index contributed by atoms with van der Waals surface area (Å²) in [7, 11) is 0. The van der Waals surface area contributed by atoms with Gasteiger partial charge in [0.15, 0.2) is 0 Å². The molecule has 6 heteroatoms.